The molecular formula is C22H26FN3O4. The zero-order chi connectivity index (χ0) is 20.9. The van der Waals surface area contributed by atoms with E-state index in [1.54, 1.807) is 25.3 Å². The average Bonchev–Trinajstić information content (AvgIpc) is 3.02. The standard InChI is InChI=1S/C22H26FN3O4/c1-28-19-7-5-16(6-8-19)25-22(27)12-26-10-20-21(11-26)30-14-18(13-29-20)24-17-4-2-3-15(23)9-17/h2-9,18,20-21,24H,10-14H2,1H3,(H,25,27)/t20-,21-/m0/s1. The van der Waals surface area contributed by atoms with Crippen LogP contribution in [0.25, 0.3) is 0 Å². The van der Waals surface area contributed by atoms with Crippen LogP contribution in [0.1, 0.15) is 0 Å². The van der Waals surface area contributed by atoms with Gasteiger partial charge in [-0.05, 0) is 42.5 Å². The van der Waals surface area contributed by atoms with E-state index in [1.165, 1.54) is 12.1 Å². The predicted octanol–water partition coefficient (Wildman–Crippen LogP) is 2.35. The Labute approximate surface area is 175 Å². The smallest absolute Gasteiger partial charge is 0.238 e. The van der Waals surface area contributed by atoms with E-state index in [9.17, 15) is 9.18 Å². The van der Waals surface area contributed by atoms with Crippen LogP contribution in [-0.2, 0) is 14.3 Å². The summed E-state index contributed by atoms with van der Waals surface area (Å²) in [6.45, 7) is 2.46. The lowest BCUT2D eigenvalue weighted by Crippen LogP contribution is -2.34. The van der Waals surface area contributed by atoms with Gasteiger partial charge in [0.2, 0.25) is 5.91 Å². The monoisotopic (exact) mass is 415 g/mol. The van der Waals surface area contributed by atoms with E-state index in [-0.39, 0.29) is 36.5 Å². The molecule has 0 aliphatic carbocycles. The minimum atomic E-state index is -0.282. The van der Waals surface area contributed by atoms with Crippen LogP contribution in [0.4, 0.5) is 15.8 Å². The highest BCUT2D eigenvalue weighted by atomic mass is 19.1. The van der Waals surface area contributed by atoms with Gasteiger partial charge in [-0.25, -0.2) is 4.39 Å². The Hall–Kier alpha value is -2.68. The maximum atomic E-state index is 13.4. The van der Waals surface area contributed by atoms with Gasteiger partial charge in [-0.15, -0.1) is 0 Å². The highest BCUT2D eigenvalue weighted by Gasteiger charge is 2.37. The van der Waals surface area contributed by atoms with Gasteiger partial charge in [-0.3, -0.25) is 9.69 Å². The number of rotatable bonds is 6. The third-order valence-corrected chi connectivity index (χ3v) is 5.25. The molecule has 0 bridgehead atoms. The third-order valence-electron chi connectivity index (χ3n) is 5.25. The van der Waals surface area contributed by atoms with Crippen molar-refractivity contribution in [1.29, 1.82) is 0 Å². The molecule has 0 spiro atoms. The molecule has 4 rings (SSSR count). The highest BCUT2D eigenvalue weighted by Crippen LogP contribution is 2.22. The fraction of sp³-hybridized carbons (Fsp3) is 0.409. The lowest BCUT2D eigenvalue weighted by molar-refractivity contribution is -0.117. The number of amides is 1. The largest absolute Gasteiger partial charge is 0.497 e. The Kier molecular flexibility index (Phi) is 6.47. The Morgan fingerprint density at radius 2 is 1.80 bits per heavy atom. The van der Waals surface area contributed by atoms with Crippen molar-refractivity contribution >= 4 is 17.3 Å². The van der Waals surface area contributed by atoms with Gasteiger partial charge < -0.3 is 24.8 Å². The van der Waals surface area contributed by atoms with Crippen molar-refractivity contribution in [3.63, 3.8) is 0 Å². The number of fused-ring (bicyclic) bond motifs is 1. The number of ether oxygens (including phenoxy) is 3. The summed E-state index contributed by atoms with van der Waals surface area (Å²) >= 11 is 0. The molecule has 2 saturated heterocycles. The summed E-state index contributed by atoms with van der Waals surface area (Å²) in [5.41, 5.74) is 1.43. The van der Waals surface area contributed by atoms with Gasteiger partial charge in [-0.1, -0.05) is 6.07 Å². The van der Waals surface area contributed by atoms with Gasteiger partial charge >= 0.3 is 0 Å². The third kappa shape index (κ3) is 5.27. The molecule has 7 nitrogen and oxygen atoms in total. The van der Waals surface area contributed by atoms with Crippen molar-refractivity contribution in [3.05, 3.63) is 54.3 Å². The number of nitrogens with zero attached hydrogens (tertiary/aromatic N) is 1. The number of hydrogen-bond acceptors (Lipinski definition) is 6. The van der Waals surface area contributed by atoms with Gasteiger partial charge in [0, 0.05) is 24.5 Å². The lowest BCUT2D eigenvalue weighted by Gasteiger charge is -2.19. The molecule has 2 aromatic carbocycles. The SMILES string of the molecule is COc1ccc(NC(=O)CN2C[C@@H]3OCC(Nc4cccc(F)c4)CO[C@H]3C2)cc1. The highest BCUT2D eigenvalue weighted by molar-refractivity contribution is 5.92. The zero-order valence-corrected chi connectivity index (χ0v) is 16.8. The zero-order valence-electron chi connectivity index (χ0n) is 16.8. The van der Waals surface area contributed by atoms with E-state index < -0.39 is 0 Å². The summed E-state index contributed by atoms with van der Waals surface area (Å²) in [6.07, 6.45) is -0.170. The van der Waals surface area contributed by atoms with E-state index >= 15 is 0 Å². The van der Waals surface area contributed by atoms with Crippen molar-refractivity contribution < 1.29 is 23.4 Å². The summed E-state index contributed by atoms with van der Waals surface area (Å²) in [5.74, 6) is 0.380. The molecular weight excluding hydrogens is 389 g/mol. The number of likely N-dealkylation sites (tertiary alicyclic amines) is 1. The Balaban J connectivity index is 1.24. The molecule has 2 aliphatic heterocycles. The van der Waals surface area contributed by atoms with E-state index in [0.717, 1.165) is 11.4 Å². The summed E-state index contributed by atoms with van der Waals surface area (Å²) in [5, 5.41) is 6.15. The predicted molar refractivity (Wildman–Crippen MR) is 111 cm³/mol. The molecule has 2 N–H and O–H groups in total. The van der Waals surface area contributed by atoms with E-state index in [0.29, 0.717) is 32.0 Å². The summed E-state index contributed by atoms with van der Waals surface area (Å²) in [6, 6.07) is 13.5. The Bertz CT molecular complexity index is 848. The molecule has 8 heteroatoms. The number of halogens is 1. The van der Waals surface area contributed by atoms with Gasteiger partial charge in [0.1, 0.15) is 11.6 Å². The van der Waals surface area contributed by atoms with E-state index in [1.807, 2.05) is 23.1 Å². The first-order valence-electron chi connectivity index (χ1n) is 10.0. The second kappa shape index (κ2) is 9.42. The van der Waals surface area contributed by atoms with Crippen LogP contribution in [0.2, 0.25) is 0 Å². The van der Waals surface area contributed by atoms with Crippen LogP contribution in [0, 0.1) is 5.82 Å². The number of nitrogens with one attached hydrogen (secondary N) is 2. The quantitative estimate of drug-likeness (QED) is 0.755. The molecule has 0 radical (unpaired) electrons. The molecule has 160 valence electrons. The summed E-state index contributed by atoms with van der Waals surface area (Å²) in [7, 11) is 1.60. The molecule has 2 heterocycles. The maximum absolute atomic E-state index is 13.4. The fourth-order valence-corrected chi connectivity index (χ4v) is 3.77. The minimum absolute atomic E-state index is 0.0516. The van der Waals surface area contributed by atoms with Gasteiger partial charge in [0.05, 0.1) is 45.1 Å². The number of hydrogen-bond donors (Lipinski definition) is 2. The molecule has 0 unspecified atom stereocenters. The maximum Gasteiger partial charge on any atom is 0.238 e. The van der Waals surface area contributed by atoms with Crippen LogP contribution in [0.5, 0.6) is 5.75 Å². The second-order valence-electron chi connectivity index (χ2n) is 7.57. The van der Waals surface area contributed by atoms with Crippen molar-refractivity contribution in [2.75, 3.05) is 50.6 Å². The summed E-state index contributed by atoms with van der Waals surface area (Å²) < 4.78 is 30.5. The first kappa shape index (κ1) is 20.6. The second-order valence-corrected chi connectivity index (χ2v) is 7.57. The molecule has 0 saturated carbocycles. The number of carbonyl (C=O) groups excluding carboxylic acids is 1. The molecule has 2 aliphatic rings. The van der Waals surface area contributed by atoms with E-state index in [4.69, 9.17) is 14.2 Å². The molecule has 2 atom stereocenters. The van der Waals surface area contributed by atoms with Crippen LogP contribution in [0.3, 0.4) is 0 Å². The van der Waals surface area contributed by atoms with Crippen molar-refractivity contribution in [2.24, 2.45) is 0 Å². The van der Waals surface area contributed by atoms with E-state index in [2.05, 4.69) is 10.6 Å². The minimum Gasteiger partial charge on any atom is -0.497 e. The molecule has 0 aromatic heterocycles. The number of carbonyl (C=O) groups is 1. The summed E-state index contributed by atoms with van der Waals surface area (Å²) in [4.78, 5) is 14.4. The van der Waals surface area contributed by atoms with Crippen LogP contribution in [-0.4, -0.2) is 69.0 Å². The Morgan fingerprint density at radius 3 is 2.43 bits per heavy atom. The van der Waals surface area contributed by atoms with Gasteiger partial charge in [0.25, 0.3) is 0 Å². The molecule has 30 heavy (non-hydrogen) atoms. The average molecular weight is 415 g/mol. The normalized spacial score (nSPS) is 22.2. The first-order valence-corrected chi connectivity index (χ1v) is 10.0. The topological polar surface area (TPSA) is 72.1 Å². The molecule has 2 aromatic rings. The molecule has 1 amide bonds. The van der Waals surface area contributed by atoms with Crippen LogP contribution < -0.4 is 15.4 Å². The fourth-order valence-electron chi connectivity index (χ4n) is 3.77. The first-order chi connectivity index (χ1) is 14.6. The van der Waals surface area contributed by atoms with Crippen LogP contribution >= 0.6 is 0 Å². The van der Waals surface area contributed by atoms with Gasteiger partial charge in [-0.2, -0.15) is 0 Å². The number of benzene rings is 2. The lowest BCUT2D eigenvalue weighted by atomic mass is 10.2. The van der Waals surface area contributed by atoms with Gasteiger partial charge in [0.15, 0.2) is 0 Å². The van der Waals surface area contributed by atoms with Crippen LogP contribution in [0.15, 0.2) is 48.5 Å². The number of anilines is 2. The van der Waals surface area contributed by atoms with Crippen molar-refractivity contribution in [3.8, 4) is 5.75 Å². The molecule has 2 fully saturated rings. The number of methoxy groups -OCH3 is 1. The Morgan fingerprint density at radius 1 is 1.10 bits per heavy atom. The van der Waals surface area contributed by atoms with Crippen molar-refractivity contribution in [2.45, 2.75) is 18.2 Å². The van der Waals surface area contributed by atoms with Crippen molar-refractivity contribution in [1.82, 2.24) is 4.90 Å².